The van der Waals surface area contributed by atoms with Gasteiger partial charge in [-0.2, -0.15) is 5.26 Å². The fourth-order valence-electron chi connectivity index (χ4n) is 3.93. The van der Waals surface area contributed by atoms with Gasteiger partial charge in [0.25, 0.3) is 0 Å². The van der Waals surface area contributed by atoms with E-state index < -0.39 is 12.2 Å². The number of rotatable bonds is 7. The minimum Gasteiger partial charge on any atom is -0.485 e. The fraction of sp³-hybridized carbons (Fsp3) is 0.185. The second-order valence-corrected chi connectivity index (χ2v) is 10.6. The fourth-order valence-corrected chi connectivity index (χ4v) is 5.87. The van der Waals surface area contributed by atoms with E-state index in [1.54, 1.807) is 24.3 Å². The predicted molar refractivity (Wildman–Crippen MR) is 148 cm³/mol. The number of pyridine rings is 1. The summed E-state index contributed by atoms with van der Waals surface area (Å²) in [5.74, 6) is 1.08. The standard InChI is InChI=1S/C27H20ClN5O3S2/c1-31-24-23(15-4-8-19(9-5-15)36-22-12-35-11-21(22)34)20(10-29)27(33-25(24)30)38-14-18-13-37-26(32-18)16-2-6-17(28)7-3-16/h2-9,13,21-22,34H,11-12,14H2,(H2,30,33)/t21-,22-/m0/s1. The molecule has 0 unspecified atom stereocenters. The Bertz CT molecular complexity index is 1550. The lowest BCUT2D eigenvalue weighted by Crippen LogP contribution is -2.29. The molecular weight excluding hydrogens is 542 g/mol. The number of hydrogen-bond donors (Lipinski definition) is 2. The lowest BCUT2D eigenvalue weighted by Gasteiger charge is -2.16. The van der Waals surface area contributed by atoms with Crippen molar-refractivity contribution in [3.05, 3.63) is 81.6 Å². The van der Waals surface area contributed by atoms with Crippen LogP contribution in [0.15, 0.2) is 58.9 Å². The molecule has 0 bridgehead atoms. The lowest BCUT2D eigenvalue weighted by atomic mass is 10.00. The van der Waals surface area contributed by atoms with E-state index in [-0.39, 0.29) is 23.7 Å². The summed E-state index contributed by atoms with van der Waals surface area (Å²) < 4.78 is 11.0. The summed E-state index contributed by atoms with van der Waals surface area (Å²) >= 11 is 8.85. The number of ether oxygens (including phenoxy) is 2. The third-order valence-corrected chi connectivity index (χ3v) is 8.02. The van der Waals surface area contributed by atoms with Gasteiger partial charge >= 0.3 is 0 Å². The van der Waals surface area contributed by atoms with Gasteiger partial charge in [0.05, 0.1) is 31.0 Å². The zero-order chi connectivity index (χ0) is 26.6. The molecule has 1 fully saturated rings. The summed E-state index contributed by atoms with van der Waals surface area (Å²) in [6.45, 7) is 8.22. The van der Waals surface area contributed by atoms with E-state index in [1.165, 1.54) is 23.1 Å². The van der Waals surface area contributed by atoms with Crippen LogP contribution in [-0.2, 0) is 10.5 Å². The van der Waals surface area contributed by atoms with Crippen molar-refractivity contribution in [3.63, 3.8) is 0 Å². The van der Waals surface area contributed by atoms with Crippen molar-refractivity contribution in [2.24, 2.45) is 0 Å². The van der Waals surface area contributed by atoms with Gasteiger partial charge in [-0.05, 0) is 29.8 Å². The number of halogens is 1. The summed E-state index contributed by atoms with van der Waals surface area (Å²) in [6, 6.07) is 16.7. The van der Waals surface area contributed by atoms with E-state index in [0.29, 0.717) is 39.3 Å². The minimum atomic E-state index is -0.687. The molecule has 1 aliphatic rings. The molecule has 0 aliphatic carbocycles. The van der Waals surface area contributed by atoms with Crippen LogP contribution in [0.4, 0.5) is 11.5 Å². The Morgan fingerprint density at radius 3 is 2.58 bits per heavy atom. The molecule has 3 heterocycles. The van der Waals surface area contributed by atoms with Crippen LogP contribution < -0.4 is 10.5 Å². The van der Waals surface area contributed by atoms with E-state index in [1.807, 2.05) is 29.6 Å². The highest BCUT2D eigenvalue weighted by Gasteiger charge is 2.28. The third-order valence-electron chi connectivity index (χ3n) is 5.82. The maximum atomic E-state index is 10.1. The molecule has 1 saturated heterocycles. The highest BCUT2D eigenvalue weighted by Crippen LogP contribution is 2.42. The van der Waals surface area contributed by atoms with Gasteiger partial charge in [-0.25, -0.2) is 14.8 Å². The molecule has 2 aromatic carbocycles. The number of anilines is 1. The van der Waals surface area contributed by atoms with Crippen molar-refractivity contribution < 1.29 is 14.6 Å². The number of nitriles is 1. The van der Waals surface area contributed by atoms with Crippen molar-refractivity contribution in [2.75, 3.05) is 18.9 Å². The second kappa shape index (κ2) is 11.4. The zero-order valence-corrected chi connectivity index (χ0v) is 22.2. The number of nitrogens with two attached hydrogens (primary N) is 1. The molecule has 38 heavy (non-hydrogen) atoms. The molecule has 11 heteroatoms. The van der Waals surface area contributed by atoms with Gasteiger partial charge < -0.3 is 20.3 Å². The zero-order valence-electron chi connectivity index (χ0n) is 19.8. The normalized spacial score (nSPS) is 16.6. The van der Waals surface area contributed by atoms with Gasteiger partial charge in [0.1, 0.15) is 39.9 Å². The summed E-state index contributed by atoms with van der Waals surface area (Å²) in [5.41, 5.74) is 9.44. The van der Waals surface area contributed by atoms with E-state index in [4.69, 9.17) is 38.4 Å². The maximum absolute atomic E-state index is 10.1. The molecule has 190 valence electrons. The number of thioether (sulfide) groups is 1. The van der Waals surface area contributed by atoms with E-state index >= 15 is 0 Å². The van der Waals surface area contributed by atoms with Crippen molar-refractivity contribution in [2.45, 2.75) is 23.0 Å². The first-order chi connectivity index (χ1) is 18.5. The monoisotopic (exact) mass is 561 g/mol. The molecule has 0 saturated carbocycles. The minimum absolute atomic E-state index is 0.0585. The summed E-state index contributed by atoms with van der Waals surface area (Å²) in [4.78, 5) is 12.7. The van der Waals surface area contributed by atoms with E-state index in [9.17, 15) is 10.4 Å². The molecule has 2 aromatic heterocycles. The second-order valence-electron chi connectivity index (χ2n) is 8.35. The van der Waals surface area contributed by atoms with Crippen LogP contribution in [0.1, 0.15) is 11.3 Å². The molecular formula is C27H20ClN5O3S2. The van der Waals surface area contributed by atoms with Crippen LogP contribution in [-0.4, -0.2) is 40.5 Å². The highest BCUT2D eigenvalue weighted by molar-refractivity contribution is 7.98. The number of nitrogens with zero attached hydrogens (tertiary/aromatic N) is 4. The van der Waals surface area contributed by atoms with Crippen LogP contribution in [0.5, 0.6) is 5.75 Å². The molecule has 5 rings (SSSR count). The first-order valence-corrected chi connectivity index (χ1v) is 13.7. The third kappa shape index (κ3) is 5.46. The van der Waals surface area contributed by atoms with Crippen molar-refractivity contribution in [1.82, 2.24) is 9.97 Å². The number of hydrogen-bond acceptors (Lipinski definition) is 9. The topological polar surface area (TPSA) is 119 Å². The molecule has 2 atom stereocenters. The average molecular weight is 562 g/mol. The van der Waals surface area contributed by atoms with Gasteiger partial charge in [0.2, 0.25) is 5.69 Å². The Hall–Kier alpha value is -3.64. The van der Waals surface area contributed by atoms with E-state index in [2.05, 4.69) is 15.9 Å². The van der Waals surface area contributed by atoms with Crippen LogP contribution in [0.25, 0.3) is 26.5 Å². The highest BCUT2D eigenvalue weighted by atomic mass is 35.5. The number of thiazole rings is 1. The Labute approximate surface area is 232 Å². The summed E-state index contributed by atoms with van der Waals surface area (Å²) in [5, 5.41) is 23.9. The van der Waals surface area contributed by atoms with E-state index in [0.717, 1.165) is 16.3 Å². The van der Waals surface area contributed by atoms with Gasteiger partial charge in [-0.15, -0.1) is 11.3 Å². The smallest absolute Gasteiger partial charge is 0.236 e. The number of benzene rings is 2. The maximum Gasteiger partial charge on any atom is 0.236 e. The first kappa shape index (κ1) is 26.0. The number of aromatic nitrogens is 2. The number of nitrogen functional groups attached to an aromatic ring is 1. The predicted octanol–water partition coefficient (Wildman–Crippen LogP) is 5.96. The lowest BCUT2D eigenvalue weighted by molar-refractivity contribution is 0.0733. The van der Waals surface area contributed by atoms with Crippen molar-refractivity contribution >= 4 is 46.2 Å². The SMILES string of the molecule is [C-]#[N+]c1c(N)nc(SCc2csc(-c3ccc(Cl)cc3)n2)c(C#N)c1-c1ccc(O[C@H]2COC[C@@H]2O)cc1. The molecule has 0 amide bonds. The van der Waals surface area contributed by atoms with Gasteiger partial charge in [0.15, 0.2) is 0 Å². The Kier molecular flexibility index (Phi) is 7.79. The van der Waals surface area contributed by atoms with Crippen molar-refractivity contribution in [1.29, 1.82) is 5.26 Å². The molecule has 0 radical (unpaired) electrons. The Morgan fingerprint density at radius 1 is 1.18 bits per heavy atom. The Balaban J connectivity index is 1.40. The molecule has 3 N–H and O–H groups in total. The largest absolute Gasteiger partial charge is 0.485 e. The quantitative estimate of drug-likeness (QED) is 0.209. The number of aliphatic hydroxyl groups excluding tert-OH is 1. The molecule has 1 aliphatic heterocycles. The van der Waals surface area contributed by atoms with Gasteiger partial charge in [-0.3, -0.25) is 0 Å². The Morgan fingerprint density at radius 2 is 1.92 bits per heavy atom. The average Bonchev–Trinajstić information content (AvgIpc) is 3.57. The molecule has 4 aromatic rings. The number of aliphatic hydroxyl groups is 1. The van der Waals surface area contributed by atoms with Crippen molar-refractivity contribution in [3.8, 4) is 33.5 Å². The van der Waals surface area contributed by atoms with Crippen LogP contribution >= 0.6 is 34.7 Å². The summed E-state index contributed by atoms with van der Waals surface area (Å²) in [6.07, 6.45) is -1.13. The van der Waals surface area contributed by atoms with Gasteiger partial charge in [-0.1, -0.05) is 47.6 Å². The van der Waals surface area contributed by atoms with Crippen LogP contribution in [0, 0.1) is 17.9 Å². The first-order valence-electron chi connectivity index (χ1n) is 11.4. The van der Waals surface area contributed by atoms with Gasteiger partial charge in [0, 0.05) is 27.3 Å². The van der Waals surface area contributed by atoms with Crippen LogP contribution in [0.3, 0.4) is 0 Å². The summed E-state index contributed by atoms with van der Waals surface area (Å²) in [7, 11) is 0. The molecule has 0 spiro atoms. The molecule has 8 nitrogen and oxygen atoms in total. The van der Waals surface area contributed by atoms with Crippen LogP contribution in [0.2, 0.25) is 5.02 Å².